The molecule has 5 nitrogen and oxygen atoms in total. The topological polar surface area (TPSA) is 80.5 Å². The van der Waals surface area contributed by atoms with Gasteiger partial charge in [-0.05, 0) is 53.4 Å². The molecule has 0 aromatic heterocycles. The highest BCUT2D eigenvalue weighted by Crippen LogP contribution is 2.30. The van der Waals surface area contributed by atoms with Crippen LogP contribution in [0.25, 0.3) is 0 Å². The van der Waals surface area contributed by atoms with Crippen LogP contribution < -0.4 is 5.73 Å². The van der Waals surface area contributed by atoms with Gasteiger partial charge in [-0.2, -0.15) is 4.31 Å². The Hall–Kier alpha value is -0.920. The van der Waals surface area contributed by atoms with E-state index >= 15 is 0 Å². The van der Waals surface area contributed by atoms with E-state index in [9.17, 15) is 13.2 Å². The molecule has 1 aromatic rings. The van der Waals surface area contributed by atoms with Crippen molar-refractivity contribution in [2.24, 2.45) is 5.73 Å². The molecule has 1 heterocycles. The van der Waals surface area contributed by atoms with Gasteiger partial charge in [-0.3, -0.25) is 4.79 Å². The molecule has 19 heavy (non-hydrogen) atoms. The van der Waals surface area contributed by atoms with Crippen LogP contribution in [-0.4, -0.2) is 31.2 Å². The predicted molar refractivity (Wildman–Crippen MR) is 75.0 cm³/mol. The largest absolute Gasteiger partial charge is 0.368 e. The lowest BCUT2D eigenvalue weighted by Crippen LogP contribution is -2.43. The minimum absolute atomic E-state index is 0.172. The second-order valence-electron chi connectivity index (χ2n) is 4.61. The number of sulfonamides is 1. The van der Waals surface area contributed by atoms with E-state index in [2.05, 4.69) is 15.9 Å². The number of nitrogens with zero attached hydrogens (tertiary/aromatic N) is 1. The zero-order valence-electron chi connectivity index (χ0n) is 10.5. The van der Waals surface area contributed by atoms with Gasteiger partial charge in [0.1, 0.15) is 6.04 Å². The Balaban J connectivity index is 2.45. The van der Waals surface area contributed by atoms with Gasteiger partial charge in [0.25, 0.3) is 0 Å². The van der Waals surface area contributed by atoms with Crippen molar-refractivity contribution in [1.29, 1.82) is 0 Å². The van der Waals surface area contributed by atoms with Crippen molar-refractivity contribution >= 4 is 31.9 Å². The van der Waals surface area contributed by atoms with Gasteiger partial charge in [0.2, 0.25) is 15.9 Å². The minimum atomic E-state index is -3.69. The number of amides is 1. The number of hydrogen-bond acceptors (Lipinski definition) is 3. The molecular formula is C12H15BrN2O3S. The van der Waals surface area contributed by atoms with Crippen molar-refractivity contribution in [3.05, 3.63) is 28.2 Å². The fraction of sp³-hybridized carbons (Fsp3) is 0.417. The molecule has 1 saturated heterocycles. The smallest absolute Gasteiger partial charge is 0.244 e. The third-order valence-electron chi connectivity index (χ3n) is 3.21. The van der Waals surface area contributed by atoms with Gasteiger partial charge in [0.05, 0.1) is 4.90 Å². The van der Waals surface area contributed by atoms with E-state index in [-0.39, 0.29) is 4.90 Å². The first-order valence-corrected chi connectivity index (χ1v) is 8.14. The average molecular weight is 347 g/mol. The van der Waals surface area contributed by atoms with Crippen LogP contribution in [0, 0.1) is 6.92 Å². The zero-order valence-corrected chi connectivity index (χ0v) is 12.9. The summed E-state index contributed by atoms with van der Waals surface area (Å²) in [6.07, 6.45) is 1.13. The Morgan fingerprint density at radius 1 is 1.47 bits per heavy atom. The summed E-state index contributed by atoms with van der Waals surface area (Å²) < 4.78 is 26.8. The summed E-state index contributed by atoms with van der Waals surface area (Å²) in [6.45, 7) is 2.21. The Bertz CT molecular complexity index is 615. The molecule has 2 N–H and O–H groups in total. The third kappa shape index (κ3) is 2.68. The molecule has 1 aliphatic heterocycles. The molecule has 7 heteroatoms. The van der Waals surface area contributed by atoms with E-state index in [1.165, 1.54) is 4.31 Å². The van der Waals surface area contributed by atoms with Crippen LogP contribution in [0.1, 0.15) is 18.4 Å². The van der Waals surface area contributed by atoms with Crippen molar-refractivity contribution < 1.29 is 13.2 Å². The van der Waals surface area contributed by atoms with E-state index in [4.69, 9.17) is 5.73 Å². The summed E-state index contributed by atoms with van der Waals surface area (Å²) in [6, 6.07) is 4.28. The highest BCUT2D eigenvalue weighted by molar-refractivity contribution is 9.10. The quantitative estimate of drug-likeness (QED) is 0.897. The fourth-order valence-electron chi connectivity index (χ4n) is 2.25. The van der Waals surface area contributed by atoms with E-state index in [1.54, 1.807) is 18.2 Å². The molecule has 0 bridgehead atoms. The Morgan fingerprint density at radius 2 is 2.16 bits per heavy atom. The van der Waals surface area contributed by atoms with Gasteiger partial charge in [0, 0.05) is 11.0 Å². The van der Waals surface area contributed by atoms with Gasteiger partial charge in [-0.25, -0.2) is 8.42 Å². The van der Waals surface area contributed by atoms with Crippen LogP contribution in [0.5, 0.6) is 0 Å². The Morgan fingerprint density at radius 3 is 2.74 bits per heavy atom. The highest BCUT2D eigenvalue weighted by Gasteiger charge is 2.39. The third-order valence-corrected chi connectivity index (χ3v) is 6.09. The van der Waals surface area contributed by atoms with Crippen molar-refractivity contribution in [1.82, 2.24) is 4.31 Å². The van der Waals surface area contributed by atoms with Crippen molar-refractivity contribution in [3.8, 4) is 0 Å². The number of benzene rings is 1. The van der Waals surface area contributed by atoms with Gasteiger partial charge >= 0.3 is 0 Å². The first-order valence-electron chi connectivity index (χ1n) is 5.91. The lowest BCUT2D eigenvalue weighted by atomic mass is 10.2. The molecule has 0 spiro atoms. The van der Waals surface area contributed by atoms with Gasteiger partial charge in [0.15, 0.2) is 0 Å². The van der Waals surface area contributed by atoms with Gasteiger partial charge in [-0.1, -0.05) is 6.07 Å². The van der Waals surface area contributed by atoms with Crippen LogP contribution >= 0.6 is 15.9 Å². The first kappa shape index (κ1) is 14.5. The standard InChI is InChI=1S/C12H15BrN2O3S/c1-8-4-5-11(9(13)7-8)19(17,18)15-6-2-3-10(15)12(14)16/h4-5,7,10H,2-3,6H2,1H3,(H2,14,16)/t10-/m0/s1. The van der Waals surface area contributed by atoms with E-state index in [1.807, 2.05) is 6.92 Å². The molecule has 104 valence electrons. The fourth-order valence-corrected chi connectivity index (χ4v) is 5.07. The van der Waals surface area contributed by atoms with Crippen LogP contribution in [-0.2, 0) is 14.8 Å². The maximum Gasteiger partial charge on any atom is 0.244 e. The Labute approximate surface area is 121 Å². The molecule has 0 unspecified atom stereocenters. The average Bonchev–Trinajstić information content (AvgIpc) is 2.77. The molecule has 1 amide bonds. The summed E-state index contributed by atoms with van der Waals surface area (Å²) in [4.78, 5) is 11.5. The van der Waals surface area contributed by atoms with Crippen LogP contribution in [0.2, 0.25) is 0 Å². The molecule has 1 aliphatic rings. The number of nitrogens with two attached hydrogens (primary N) is 1. The lowest BCUT2D eigenvalue weighted by molar-refractivity contribution is -0.121. The number of hydrogen-bond donors (Lipinski definition) is 1. The van der Waals surface area contributed by atoms with E-state index < -0.39 is 22.0 Å². The van der Waals surface area contributed by atoms with E-state index in [0.29, 0.717) is 23.9 Å². The van der Waals surface area contributed by atoms with E-state index in [0.717, 1.165) is 5.56 Å². The van der Waals surface area contributed by atoms with Gasteiger partial charge < -0.3 is 5.73 Å². The first-order chi connectivity index (χ1) is 8.84. The molecule has 1 aromatic carbocycles. The summed E-state index contributed by atoms with van der Waals surface area (Å²) >= 11 is 3.26. The molecule has 0 aliphatic carbocycles. The molecule has 1 atom stereocenters. The minimum Gasteiger partial charge on any atom is -0.368 e. The second-order valence-corrected chi connectivity index (χ2v) is 7.32. The number of halogens is 1. The monoisotopic (exact) mass is 346 g/mol. The van der Waals surface area contributed by atoms with Crippen LogP contribution in [0.3, 0.4) is 0 Å². The maximum atomic E-state index is 12.6. The number of primary amides is 1. The Kier molecular flexibility index (Phi) is 3.98. The molecule has 0 saturated carbocycles. The molecule has 0 radical (unpaired) electrons. The second kappa shape index (κ2) is 5.22. The number of aryl methyl sites for hydroxylation is 1. The van der Waals surface area contributed by atoms with Gasteiger partial charge in [-0.15, -0.1) is 0 Å². The number of carbonyl (C=O) groups excluding carboxylic acids is 1. The predicted octanol–water partition coefficient (Wildman–Crippen LogP) is 1.40. The SMILES string of the molecule is Cc1ccc(S(=O)(=O)N2CCC[C@H]2C(N)=O)c(Br)c1. The highest BCUT2D eigenvalue weighted by atomic mass is 79.9. The summed E-state index contributed by atoms with van der Waals surface area (Å²) in [5.41, 5.74) is 6.23. The molecule has 1 fully saturated rings. The van der Waals surface area contributed by atoms with Crippen LogP contribution in [0.4, 0.5) is 0 Å². The lowest BCUT2D eigenvalue weighted by Gasteiger charge is -2.22. The van der Waals surface area contributed by atoms with Crippen LogP contribution in [0.15, 0.2) is 27.6 Å². The number of carbonyl (C=O) groups is 1. The maximum absolute atomic E-state index is 12.6. The molecular weight excluding hydrogens is 332 g/mol. The summed E-state index contributed by atoms with van der Waals surface area (Å²) in [5.74, 6) is -0.593. The number of rotatable bonds is 3. The van der Waals surface area contributed by atoms with Crippen molar-refractivity contribution in [3.63, 3.8) is 0 Å². The summed E-state index contributed by atoms with van der Waals surface area (Å²) in [7, 11) is -3.69. The van der Waals surface area contributed by atoms with Crippen molar-refractivity contribution in [2.75, 3.05) is 6.54 Å². The van der Waals surface area contributed by atoms with Crippen molar-refractivity contribution in [2.45, 2.75) is 30.7 Å². The normalized spacial score (nSPS) is 20.6. The summed E-state index contributed by atoms with van der Waals surface area (Å²) in [5, 5.41) is 0. The zero-order chi connectivity index (χ0) is 14.2. The molecule has 2 rings (SSSR count).